The van der Waals surface area contributed by atoms with Crippen molar-refractivity contribution in [2.45, 2.75) is 19.3 Å². The highest BCUT2D eigenvalue weighted by molar-refractivity contribution is 5.85. The highest BCUT2D eigenvalue weighted by Gasteiger charge is 2.17. The topological polar surface area (TPSA) is 24.5 Å². The first-order valence-electron chi connectivity index (χ1n) is 5.72. The van der Waals surface area contributed by atoms with Crippen LogP contribution in [0.3, 0.4) is 0 Å². The summed E-state index contributed by atoms with van der Waals surface area (Å²) in [5, 5.41) is 3.23. The largest absolute Gasteiger partial charge is 0.383 e. The molecule has 0 unspecified atom stereocenters. The number of nitrogens with one attached hydrogen (secondary N) is 1. The minimum absolute atomic E-state index is 0. The number of likely N-dealkylation sites (tertiary alicyclic amines) is 1. The Kier molecular flexibility index (Phi) is 9.51. The predicted octanol–water partition coefficient (Wildman–Crippen LogP) is 1.38. The maximum Gasteiger partial charge on any atom is 0.0589 e. The van der Waals surface area contributed by atoms with Crippen LogP contribution in [0.5, 0.6) is 0 Å². The number of hydrogen-bond donors (Lipinski definition) is 1. The zero-order valence-electron chi connectivity index (χ0n) is 10.00. The third-order valence-electron chi connectivity index (χ3n) is 3.12. The van der Waals surface area contributed by atoms with Crippen LogP contribution >= 0.6 is 12.4 Å². The fourth-order valence-electron chi connectivity index (χ4n) is 2.07. The molecule has 1 aliphatic heterocycles. The van der Waals surface area contributed by atoms with Gasteiger partial charge in [-0.3, -0.25) is 0 Å². The maximum atomic E-state index is 5.08. The zero-order valence-corrected chi connectivity index (χ0v) is 10.8. The molecule has 1 rings (SSSR count). The lowest BCUT2D eigenvalue weighted by atomic mass is 9.93. The summed E-state index contributed by atoms with van der Waals surface area (Å²) in [6.45, 7) is 5.68. The number of piperidine rings is 1. The van der Waals surface area contributed by atoms with Crippen LogP contribution in [0.15, 0.2) is 0 Å². The van der Waals surface area contributed by atoms with E-state index in [0.717, 1.165) is 19.1 Å². The molecular weight excluding hydrogens is 212 g/mol. The van der Waals surface area contributed by atoms with Crippen LogP contribution < -0.4 is 5.32 Å². The third-order valence-corrected chi connectivity index (χ3v) is 3.12. The van der Waals surface area contributed by atoms with Gasteiger partial charge in [0.1, 0.15) is 0 Å². The molecule has 0 aliphatic carbocycles. The van der Waals surface area contributed by atoms with E-state index in [1.165, 1.54) is 38.9 Å². The number of rotatable bonds is 6. The van der Waals surface area contributed by atoms with E-state index in [9.17, 15) is 0 Å². The second kappa shape index (κ2) is 9.40. The van der Waals surface area contributed by atoms with Crippen LogP contribution in [0, 0.1) is 5.92 Å². The molecule has 3 nitrogen and oxygen atoms in total. The summed E-state index contributed by atoms with van der Waals surface area (Å²) in [6.07, 6.45) is 4.07. The van der Waals surface area contributed by atoms with Crippen LogP contribution in [0.2, 0.25) is 0 Å². The standard InChI is InChI=1S/C11H24N2O.ClH/c1-12-6-3-11-4-7-13(8-5-11)9-10-14-2;/h11-12H,3-10H2,1-2H3;1H. The molecule has 0 aromatic heterocycles. The molecule has 1 aliphatic rings. The Morgan fingerprint density at radius 3 is 2.53 bits per heavy atom. The van der Waals surface area contributed by atoms with Crippen molar-refractivity contribution in [3.63, 3.8) is 0 Å². The first kappa shape index (κ1) is 15.2. The summed E-state index contributed by atoms with van der Waals surface area (Å²) in [5.74, 6) is 0.946. The van der Waals surface area contributed by atoms with Gasteiger partial charge in [0, 0.05) is 13.7 Å². The number of nitrogens with zero attached hydrogens (tertiary/aromatic N) is 1. The molecule has 0 spiro atoms. The summed E-state index contributed by atoms with van der Waals surface area (Å²) in [4.78, 5) is 2.51. The van der Waals surface area contributed by atoms with Crippen LogP contribution in [0.1, 0.15) is 19.3 Å². The quantitative estimate of drug-likeness (QED) is 0.754. The second-order valence-electron chi connectivity index (χ2n) is 4.17. The lowest BCUT2D eigenvalue weighted by molar-refractivity contribution is 0.118. The average Bonchev–Trinajstić information content (AvgIpc) is 2.25. The lowest BCUT2D eigenvalue weighted by Gasteiger charge is -2.31. The van der Waals surface area contributed by atoms with Crippen molar-refractivity contribution in [2.24, 2.45) is 5.92 Å². The van der Waals surface area contributed by atoms with Crippen molar-refractivity contribution >= 4 is 12.4 Å². The normalized spacial score (nSPS) is 18.8. The van der Waals surface area contributed by atoms with Gasteiger partial charge in [-0.05, 0) is 51.9 Å². The maximum absolute atomic E-state index is 5.08. The molecule has 0 radical (unpaired) electrons. The van der Waals surface area contributed by atoms with Crippen LogP contribution in [0.4, 0.5) is 0 Å². The van der Waals surface area contributed by atoms with Gasteiger partial charge < -0.3 is 15.0 Å². The van der Waals surface area contributed by atoms with E-state index in [0.29, 0.717) is 0 Å². The summed E-state index contributed by atoms with van der Waals surface area (Å²) >= 11 is 0. The predicted molar refractivity (Wildman–Crippen MR) is 66.8 cm³/mol. The van der Waals surface area contributed by atoms with Crippen molar-refractivity contribution in [1.29, 1.82) is 0 Å². The Balaban J connectivity index is 0.00000196. The van der Waals surface area contributed by atoms with Gasteiger partial charge in [0.15, 0.2) is 0 Å². The zero-order chi connectivity index (χ0) is 10.2. The lowest BCUT2D eigenvalue weighted by Crippen LogP contribution is -2.36. The van der Waals surface area contributed by atoms with Crippen LogP contribution in [-0.4, -0.2) is 51.8 Å². The Morgan fingerprint density at radius 2 is 2.00 bits per heavy atom. The molecule has 0 bridgehead atoms. The fraction of sp³-hybridized carbons (Fsp3) is 1.00. The van der Waals surface area contributed by atoms with E-state index in [4.69, 9.17) is 4.74 Å². The molecule has 1 heterocycles. The number of halogens is 1. The van der Waals surface area contributed by atoms with Gasteiger partial charge >= 0.3 is 0 Å². The van der Waals surface area contributed by atoms with Crippen molar-refractivity contribution in [3.8, 4) is 0 Å². The molecule has 15 heavy (non-hydrogen) atoms. The Bertz CT molecular complexity index is 123. The fourth-order valence-corrected chi connectivity index (χ4v) is 2.07. The third kappa shape index (κ3) is 6.36. The Morgan fingerprint density at radius 1 is 1.33 bits per heavy atom. The molecule has 1 saturated heterocycles. The molecule has 4 heteroatoms. The van der Waals surface area contributed by atoms with Crippen LogP contribution in [0.25, 0.3) is 0 Å². The van der Waals surface area contributed by atoms with Gasteiger partial charge in [-0.2, -0.15) is 0 Å². The van der Waals surface area contributed by atoms with Gasteiger partial charge in [0.2, 0.25) is 0 Å². The highest BCUT2D eigenvalue weighted by Crippen LogP contribution is 2.19. The number of hydrogen-bond acceptors (Lipinski definition) is 3. The molecule has 92 valence electrons. The van der Waals surface area contributed by atoms with Gasteiger partial charge in [-0.25, -0.2) is 0 Å². The van der Waals surface area contributed by atoms with E-state index in [-0.39, 0.29) is 12.4 Å². The average molecular weight is 237 g/mol. The minimum Gasteiger partial charge on any atom is -0.383 e. The summed E-state index contributed by atoms with van der Waals surface area (Å²) < 4.78 is 5.08. The summed E-state index contributed by atoms with van der Waals surface area (Å²) in [6, 6.07) is 0. The number of ether oxygens (including phenoxy) is 1. The van der Waals surface area contributed by atoms with Crippen molar-refractivity contribution in [3.05, 3.63) is 0 Å². The monoisotopic (exact) mass is 236 g/mol. The van der Waals surface area contributed by atoms with Crippen molar-refractivity contribution < 1.29 is 4.74 Å². The van der Waals surface area contributed by atoms with Crippen molar-refractivity contribution in [2.75, 3.05) is 46.9 Å². The molecule has 0 amide bonds. The van der Waals surface area contributed by atoms with Gasteiger partial charge in [-0.1, -0.05) is 0 Å². The van der Waals surface area contributed by atoms with E-state index < -0.39 is 0 Å². The van der Waals surface area contributed by atoms with Gasteiger partial charge in [0.05, 0.1) is 6.61 Å². The van der Waals surface area contributed by atoms with Gasteiger partial charge in [-0.15, -0.1) is 12.4 Å². The van der Waals surface area contributed by atoms with Gasteiger partial charge in [0.25, 0.3) is 0 Å². The summed E-state index contributed by atoms with van der Waals surface area (Å²) in [5.41, 5.74) is 0. The molecule has 1 fully saturated rings. The molecule has 0 atom stereocenters. The van der Waals surface area contributed by atoms with Crippen LogP contribution in [-0.2, 0) is 4.74 Å². The molecule has 1 N–H and O–H groups in total. The van der Waals surface area contributed by atoms with E-state index in [1.54, 1.807) is 7.11 Å². The van der Waals surface area contributed by atoms with E-state index in [1.807, 2.05) is 7.05 Å². The first-order valence-corrected chi connectivity index (χ1v) is 5.72. The second-order valence-corrected chi connectivity index (χ2v) is 4.17. The van der Waals surface area contributed by atoms with Crippen molar-refractivity contribution in [1.82, 2.24) is 10.2 Å². The highest BCUT2D eigenvalue weighted by atomic mass is 35.5. The molecule has 0 aromatic rings. The first-order chi connectivity index (χ1) is 6.86. The summed E-state index contributed by atoms with van der Waals surface area (Å²) in [7, 11) is 3.81. The van der Waals surface area contributed by atoms with E-state index >= 15 is 0 Å². The molecule has 0 saturated carbocycles. The number of methoxy groups -OCH3 is 1. The minimum atomic E-state index is 0. The Hall–Kier alpha value is 0.170. The Labute approximate surface area is 100.0 Å². The smallest absolute Gasteiger partial charge is 0.0589 e. The van der Waals surface area contributed by atoms with E-state index in [2.05, 4.69) is 10.2 Å². The molecule has 0 aromatic carbocycles. The molecular formula is C11H25ClN2O. The SMILES string of the molecule is CNCCC1CCN(CCOC)CC1.Cl.